The van der Waals surface area contributed by atoms with E-state index >= 15 is 0 Å². The molecule has 1 saturated carbocycles. The number of hydrogen-bond acceptors (Lipinski definition) is 3. The lowest BCUT2D eigenvalue weighted by Gasteiger charge is -2.38. The second-order valence-electron chi connectivity index (χ2n) is 6.07. The Kier molecular flexibility index (Phi) is 4.62. The first kappa shape index (κ1) is 13.8. The number of amides is 1. The third-order valence-corrected chi connectivity index (χ3v) is 4.63. The summed E-state index contributed by atoms with van der Waals surface area (Å²) in [5.41, 5.74) is 12.1. The Morgan fingerprint density at radius 2 is 2.06 bits per heavy atom. The fourth-order valence-corrected chi connectivity index (χ4v) is 3.47. The molecule has 1 saturated heterocycles. The molecule has 104 valence electrons. The lowest BCUT2D eigenvalue weighted by atomic mass is 9.94. The largest absolute Gasteiger partial charge is 0.338 e. The van der Waals surface area contributed by atoms with Gasteiger partial charge in [-0.05, 0) is 44.9 Å². The van der Waals surface area contributed by atoms with Gasteiger partial charge in [0, 0.05) is 31.1 Å². The Balaban J connectivity index is 1.93. The second kappa shape index (κ2) is 6.02. The van der Waals surface area contributed by atoms with Gasteiger partial charge in [0.1, 0.15) is 0 Å². The van der Waals surface area contributed by atoms with Gasteiger partial charge in [0.2, 0.25) is 5.91 Å². The van der Waals surface area contributed by atoms with Gasteiger partial charge in [0.15, 0.2) is 0 Å². The number of carbonyl (C=O) groups is 1. The summed E-state index contributed by atoms with van der Waals surface area (Å²) in [5, 5.41) is 0. The Bertz CT molecular complexity index is 293. The van der Waals surface area contributed by atoms with E-state index in [1.54, 1.807) is 0 Å². The third-order valence-electron chi connectivity index (χ3n) is 4.63. The van der Waals surface area contributed by atoms with E-state index in [2.05, 4.69) is 0 Å². The van der Waals surface area contributed by atoms with E-state index < -0.39 is 0 Å². The summed E-state index contributed by atoms with van der Waals surface area (Å²) < 4.78 is 0. The van der Waals surface area contributed by atoms with E-state index in [0.717, 1.165) is 32.2 Å². The first-order valence-corrected chi connectivity index (χ1v) is 7.40. The van der Waals surface area contributed by atoms with Crippen LogP contribution in [0.3, 0.4) is 0 Å². The molecule has 0 spiro atoms. The van der Waals surface area contributed by atoms with Gasteiger partial charge < -0.3 is 16.4 Å². The average Bonchev–Trinajstić information content (AvgIpc) is 2.75. The van der Waals surface area contributed by atoms with Gasteiger partial charge in [-0.15, -0.1) is 0 Å². The van der Waals surface area contributed by atoms with Crippen LogP contribution in [0.5, 0.6) is 0 Å². The molecule has 2 fully saturated rings. The summed E-state index contributed by atoms with van der Waals surface area (Å²) in [6.45, 7) is 2.89. The van der Waals surface area contributed by atoms with Crippen molar-refractivity contribution in [3.05, 3.63) is 0 Å². The SMILES string of the molecule is CC(N)C1CCCCN1C(=O)C[C@@H]1CCC[C@H]1N. The zero-order chi connectivity index (χ0) is 13.1. The molecule has 4 N–H and O–H groups in total. The standard InChI is InChI=1S/C14H27N3O/c1-10(15)13-7-2-3-8-17(13)14(18)9-11-5-4-6-12(11)16/h10-13H,2-9,15-16H2,1H3/t10?,11-,12+,13?/m0/s1. The van der Waals surface area contributed by atoms with Gasteiger partial charge in [0.05, 0.1) is 0 Å². The number of likely N-dealkylation sites (tertiary alicyclic amines) is 1. The molecule has 18 heavy (non-hydrogen) atoms. The van der Waals surface area contributed by atoms with Crippen molar-refractivity contribution in [2.75, 3.05) is 6.54 Å². The predicted octanol–water partition coefficient (Wildman–Crippen LogP) is 1.23. The van der Waals surface area contributed by atoms with Crippen LogP contribution >= 0.6 is 0 Å². The Hall–Kier alpha value is -0.610. The van der Waals surface area contributed by atoms with Crippen LogP contribution in [-0.2, 0) is 4.79 Å². The van der Waals surface area contributed by atoms with Crippen LogP contribution in [-0.4, -0.2) is 35.5 Å². The summed E-state index contributed by atoms with van der Waals surface area (Å²) >= 11 is 0. The first-order chi connectivity index (χ1) is 8.59. The van der Waals surface area contributed by atoms with Crippen LogP contribution in [0.15, 0.2) is 0 Å². The lowest BCUT2D eigenvalue weighted by Crippen LogP contribution is -2.52. The molecule has 0 aromatic carbocycles. The molecule has 0 radical (unpaired) electrons. The van der Waals surface area contributed by atoms with Gasteiger partial charge >= 0.3 is 0 Å². The van der Waals surface area contributed by atoms with Crippen LogP contribution < -0.4 is 11.5 Å². The molecule has 1 aliphatic carbocycles. The third kappa shape index (κ3) is 3.04. The smallest absolute Gasteiger partial charge is 0.223 e. The van der Waals surface area contributed by atoms with Gasteiger partial charge in [-0.3, -0.25) is 4.79 Å². The van der Waals surface area contributed by atoms with Crippen LogP contribution in [0.25, 0.3) is 0 Å². The molecule has 0 aromatic heterocycles. The molecule has 4 heteroatoms. The van der Waals surface area contributed by atoms with Crippen LogP contribution in [0.4, 0.5) is 0 Å². The topological polar surface area (TPSA) is 72.3 Å². The maximum Gasteiger partial charge on any atom is 0.223 e. The summed E-state index contributed by atoms with van der Waals surface area (Å²) in [6, 6.07) is 0.544. The number of hydrogen-bond donors (Lipinski definition) is 2. The van der Waals surface area contributed by atoms with Crippen LogP contribution in [0.2, 0.25) is 0 Å². The number of carbonyl (C=O) groups excluding carboxylic acids is 1. The first-order valence-electron chi connectivity index (χ1n) is 7.40. The Morgan fingerprint density at radius 1 is 1.28 bits per heavy atom. The predicted molar refractivity (Wildman–Crippen MR) is 72.9 cm³/mol. The van der Waals surface area contributed by atoms with Crippen molar-refractivity contribution >= 4 is 5.91 Å². The molecule has 2 aliphatic rings. The summed E-state index contributed by atoms with van der Waals surface area (Å²) in [5.74, 6) is 0.674. The van der Waals surface area contributed by atoms with Crippen molar-refractivity contribution < 1.29 is 4.79 Å². The highest BCUT2D eigenvalue weighted by Crippen LogP contribution is 2.29. The molecular formula is C14H27N3O. The maximum atomic E-state index is 12.4. The van der Waals surface area contributed by atoms with Crippen molar-refractivity contribution in [1.29, 1.82) is 0 Å². The van der Waals surface area contributed by atoms with Gasteiger partial charge in [-0.25, -0.2) is 0 Å². The molecule has 1 aliphatic heterocycles. The highest BCUT2D eigenvalue weighted by Gasteiger charge is 2.32. The molecule has 1 amide bonds. The summed E-state index contributed by atoms with van der Waals surface area (Å²) in [7, 11) is 0. The van der Waals surface area contributed by atoms with E-state index in [0.29, 0.717) is 12.3 Å². The molecule has 4 atom stereocenters. The van der Waals surface area contributed by atoms with E-state index in [1.165, 1.54) is 12.8 Å². The van der Waals surface area contributed by atoms with E-state index in [9.17, 15) is 4.79 Å². The van der Waals surface area contributed by atoms with Crippen molar-refractivity contribution in [2.24, 2.45) is 17.4 Å². The number of rotatable bonds is 3. The number of nitrogens with zero attached hydrogens (tertiary/aromatic N) is 1. The second-order valence-corrected chi connectivity index (χ2v) is 6.07. The molecule has 2 rings (SSSR count). The zero-order valence-electron chi connectivity index (χ0n) is 11.5. The number of piperidine rings is 1. The molecule has 1 heterocycles. The quantitative estimate of drug-likeness (QED) is 0.794. The average molecular weight is 253 g/mol. The van der Waals surface area contributed by atoms with Crippen LogP contribution in [0.1, 0.15) is 51.9 Å². The minimum atomic E-state index is 0.0755. The zero-order valence-corrected chi connectivity index (χ0v) is 11.5. The van der Waals surface area contributed by atoms with E-state index in [-0.39, 0.29) is 24.0 Å². The van der Waals surface area contributed by atoms with Crippen LogP contribution in [0, 0.1) is 5.92 Å². The van der Waals surface area contributed by atoms with E-state index in [1.807, 2.05) is 11.8 Å². The Labute approximate surface area is 110 Å². The highest BCUT2D eigenvalue weighted by molar-refractivity contribution is 5.77. The van der Waals surface area contributed by atoms with E-state index in [4.69, 9.17) is 11.5 Å². The molecular weight excluding hydrogens is 226 g/mol. The van der Waals surface area contributed by atoms with Crippen molar-refractivity contribution in [3.8, 4) is 0 Å². The van der Waals surface area contributed by atoms with Gasteiger partial charge in [0.25, 0.3) is 0 Å². The summed E-state index contributed by atoms with van der Waals surface area (Å²) in [6.07, 6.45) is 7.36. The normalized spacial score (nSPS) is 34.6. The minimum absolute atomic E-state index is 0.0755. The fourth-order valence-electron chi connectivity index (χ4n) is 3.47. The lowest BCUT2D eigenvalue weighted by molar-refractivity contribution is -0.136. The Morgan fingerprint density at radius 3 is 2.67 bits per heavy atom. The molecule has 0 aromatic rings. The monoisotopic (exact) mass is 253 g/mol. The highest BCUT2D eigenvalue weighted by atomic mass is 16.2. The van der Waals surface area contributed by atoms with Crippen molar-refractivity contribution in [1.82, 2.24) is 4.90 Å². The maximum absolute atomic E-state index is 12.4. The fraction of sp³-hybridized carbons (Fsp3) is 0.929. The van der Waals surface area contributed by atoms with Gasteiger partial charge in [-0.2, -0.15) is 0 Å². The molecule has 4 nitrogen and oxygen atoms in total. The minimum Gasteiger partial charge on any atom is -0.338 e. The van der Waals surface area contributed by atoms with Crippen molar-refractivity contribution in [2.45, 2.75) is 70.0 Å². The number of nitrogens with two attached hydrogens (primary N) is 2. The molecule has 2 unspecified atom stereocenters. The van der Waals surface area contributed by atoms with Crippen molar-refractivity contribution in [3.63, 3.8) is 0 Å². The van der Waals surface area contributed by atoms with Gasteiger partial charge in [-0.1, -0.05) is 6.42 Å². The summed E-state index contributed by atoms with van der Waals surface area (Å²) in [4.78, 5) is 14.5. The molecule has 0 bridgehead atoms.